The molecule has 3 nitrogen and oxygen atoms in total. The lowest BCUT2D eigenvalue weighted by atomic mass is 10.1. The molecule has 0 saturated carbocycles. The Morgan fingerprint density at radius 1 is 1.56 bits per heavy atom. The fourth-order valence-electron chi connectivity index (χ4n) is 1.49. The Hall–Kier alpha value is 0.0900. The van der Waals surface area contributed by atoms with Gasteiger partial charge in [-0.2, -0.15) is 0 Å². The number of thiophene rings is 1. The molecule has 0 aliphatic heterocycles. The molecular weight excluding hydrogens is 310 g/mol. The van der Waals surface area contributed by atoms with Gasteiger partial charge >= 0.3 is 0 Å². The van der Waals surface area contributed by atoms with Gasteiger partial charge in [0.05, 0.1) is 0 Å². The van der Waals surface area contributed by atoms with Crippen molar-refractivity contribution in [1.29, 1.82) is 0 Å². The molecule has 0 radical (unpaired) electrons. The summed E-state index contributed by atoms with van der Waals surface area (Å²) in [6, 6.07) is 2.32. The summed E-state index contributed by atoms with van der Waals surface area (Å²) in [5.74, 6) is 0.262. The third-order valence-electron chi connectivity index (χ3n) is 2.29. The van der Waals surface area contributed by atoms with E-state index in [1.165, 1.54) is 11.1 Å². The van der Waals surface area contributed by atoms with Gasteiger partial charge in [0.1, 0.15) is 9.84 Å². The SMILES string of the molecule is CNC(CCCS(C)(=O)=O)c1cc(Br)cs1. The van der Waals surface area contributed by atoms with Crippen molar-refractivity contribution in [3.05, 3.63) is 20.8 Å². The zero-order chi connectivity index (χ0) is 12.2. The topological polar surface area (TPSA) is 46.2 Å². The molecule has 1 N–H and O–H groups in total. The lowest BCUT2D eigenvalue weighted by molar-refractivity contribution is 0.543. The zero-order valence-electron chi connectivity index (χ0n) is 9.36. The molecule has 0 fully saturated rings. The van der Waals surface area contributed by atoms with Gasteiger partial charge < -0.3 is 5.32 Å². The summed E-state index contributed by atoms with van der Waals surface area (Å²) < 4.78 is 23.1. The molecule has 6 heteroatoms. The van der Waals surface area contributed by atoms with Gasteiger partial charge in [-0.25, -0.2) is 8.42 Å². The summed E-state index contributed by atoms with van der Waals surface area (Å²) in [4.78, 5) is 1.24. The van der Waals surface area contributed by atoms with E-state index in [4.69, 9.17) is 0 Å². The highest BCUT2D eigenvalue weighted by Crippen LogP contribution is 2.28. The van der Waals surface area contributed by atoms with Crippen LogP contribution in [0, 0.1) is 0 Å². The Labute approximate surface area is 109 Å². The van der Waals surface area contributed by atoms with Gasteiger partial charge in [-0.3, -0.25) is 0 Å². The lowest BCUT2D eigenvalue weighted by Crippen LogP contribution is -2.16. The third kappa shape index (κ3) is 4.95. The van der Waals surface area contributed by atoms with Crippen molar-refractivity contribution in [3.8, 4) is 0 Å². The van der Waals surface area contributed by atoms with Gasteiger partial charge in [0, 0.05) is 32.8 Å². The number of rotatable bonds is 6. The summed E-state index contributed by atoms with van der Waals surface area (Å²) in [5.41, 5.74) is 0. The third-order valence-corrected chi connectivity index (χ3v) is 5.13. The Bertz CT molecular complexity index is 428. The maximum atomic E-state index is 11.0. The highest BCUT2D eigenvalue weighted by atomic mass is 79.9. The molecule has 1 heterocycles. The van der Waals surface area contributed by atoms with E-state index in [9.17, 15) is 8.42 Å². The van der Waals surface area contributed by atoms with Crippen LogP contribution >= 0.6 is 27.3 Å². The van der Waals surface area contributed by atoms with Crippen LogP contribution < -0.4 is 5.32 Å². The highest BCUT2D eigenvalue weighted by Gasteiger charge is 2.12. The normalized spacial score (nSPS) is 13.9. The summed E-state index contributed by atoms with van der Waals surface area (Å²) in [6.07, 6.45) is 2.82. The number of halogens is 1. The minimum Gasteiger partial charge on any atom is -0.312 e. The van der Waals surface area contributed by atoms with Crippen LogP contribution in [0.2, 0.25) is 0 Å². The van der Waals surface area contributed by atoms with Crippen LogP contribution in [0.1, 0.15) is 23.8 Å². The van der Waals surface area contributed by atoms with E-state index in [2.05, 4.69) is 27.3 Å². The first-order chi connectivity index (χ1) is 7.42. The zero-order valence-corrected chi connectivity index (χ0v) is 12.6. The van der Waals surface area contributed by atoms with Crippen LogP contribution in [0.3, 0.4) is 0 Å². The molecule has 0 aliphatic rings. The van der Waals surface area contributed by atoms with Gasteiger partial charge in [0.25, 0.3) is 0 Å². The molecule has 0 aliphatic carbocycles. The summed E-state index contributed by atoms with van der Waals surface area (Å²) in [6.45, 7) is 0. The minimum absolute atomic E-state index is 0.248. The van der Waals surface area contributed by atoms with Gasteiger partial charge in [-0.1, -0.05) is 0 Å². The van der Waals surface area contributed by atoms with Crippen molar-refractivity contribution in [1.82, 2.24) is 5.32 Å². The first-order valence-corrected chi connectivity index (χ1v) is 8.74. The van der Waals surface area contributed by atoms with Gasteiger partial charge in [-0.05, 0) is 41.9 Å². The average Bonchev–Trinajstić information content (AvgIpc) is 2.58. The Morgan fingerprint density at radius 2 is 2.25 bits per heavy atom. The minimum atomic E-state index is -2.84. The molecule has 1 aromatic rings. The number of hydrogen-bond donors (Lipinski definition) is 1. The summed E-state index contributed by atoms with van der Waals surface area (Å²) in [7, 11) is -0.937. The van der Waals surface area contributed by atoms with Crippen molar-refractivity contribution >= 4 is 37.1 Å². The predicted molar refractivity (Wildman–Crippen MR) is 72.8 cm³/mol. The van der Waals surface area contributed by atoms with Gasteiger partial charge in [-0.15, -0.1) is 11.3 Å². The van der Waals surface area contributed by atoms with Crippen molar-refractivity contribution < 1.29 is 8.42 Å². The number of hydrogen-bond acceptors (Lipinski definition) is 4. The summed E-state index contributed by atoms with van der Waals surface area (Å²) in [5, 5.41) is 5.25. The highest BCUT2D eigenvalue weighted by molar-refractivity contribution is 9.10. The molecule has 0 amide bonds. The summed E-state index contributed by atoms with van der Waals surface area (Å²) >= 11 is 5.10. The molecule has 16 heavy (non-hydrogen) atoms. The van der Waals surface area contributed by atoms with Gasteiger partial charge in [0.2, 0.25) is 0 Å². The van der Waals surface area contributed by atoms with Crippen molar-refractivity contribution in [2.75, 3.05) is 19.1 Å². The van der Waals surface area contributed by atoms with E-state index in [0.717, 1.165) is 10.9 Å². The smallest absolute Gasteiger partial charge is 0.147 e. The van der Waals surface area contributed by atoms with Crippen LogP contribution in [-0.2, 0) is 9.84 Å². The van der Waals surface area contributed by atoms with E-state index in [-0.39, 0.29) is 11.8 Å². The first-order valence-electron chi connectivity index (χ1n) is 5.01. The van der Waals surface area contributed by atoms with Gasteiger partial charge in [0.15, 0.2) is 0 Å². The number of nitrogens with one attached hydrogen (secondary N) is 1. The van der Waals surface area contributed by atoms with E-state index >= 15 is 0 Å². The van der Waals surface area contributed by atoms with Crippen molar-refractivity contribution in [2.24, 2.45) is 0 Å². The fraction of sp³-hybridized carbons (Fsp3) is 0.600. The molecule has 1 aromatic heterocycles. The van der Waals surface area contributed by atoms with Crippen LogP contribution in [0.25, 0.3) is 0 Å². The van der Waals surface area contributed by atoms with Crippen LogP contribution in [-0.4, -0.2) is 27.5 Å². The van der Waals surface area contributed by atoms with E-state index in [0.29, 0.717) is 6.42 Å². The molecular formula is C10H16BrNO2S2. The van der Waals surface area contributed by atoms with Crippen LogP contribution in [0.4, 0.5) is 0 Å². The molecule has 1 atom stereocenters. The van der Waals surface area contributed by atoms with Crippen molar-refractivity contribution in [3.63, 3.8) is 0 Å². The molecule has 0 saturated heterocycles. The second-order valence-corrected chi connectivity index (χ2v) is 7.90. The molecule has 1 rings (SSSR count). The standard InChI is InChI=1S/C10H16BrNO2S2/c1-12-9(4-3-5-16(2,13)14)10-6-8(11)7-15-10/h6-7,9,12H,3-5H2,1-2H3. The Morgan fingerprint density at radius 3 is 2.69 bits per heavy atom. The van der Waals surface area contributed by atoms with Crippen LogP contribution in [0.15, 0.2) is 15.9 Å². The van der Waals surface area contributed by atoms with E-state index in [1.54, 1.807) is 11.3 Å². The van der Waals surface area contributed by atoms with Crippen molar-refractivity contribution in [2.45, 2.75) is 18.9 Å². The van der Waals surface area contributed by atoms with E-state index in [1.807, 2.05) is 12.4 Å². The average molecular weight is 326 g/mol. The maximum absolute atomic E-state index is 11.0. The first kappa shape index (κ1) is 14.2. The molecule has 0 aromatic carbocycles. The molecule has 92 valence electrons. The second-order valence-electron chi connectivity index (χ2n) is 3.78. The fourth-order valence-corrected chi connectivity index (χ4v) is 3.77. The van der Waals surface area contributed by atoms with Crippen LogP contribution in [0.5, 0.6) is 0 Å². The quantitative estimate of drug-likeness (QED) is 0.874. The molecule has 0 bridgehead atoms. The second kappa shape index (κ2) is 6.14. The Kier molecular flexibility index (Phi) is 5.43. The molecule has 0 spiro atoms. The molecule has 1 unspecified atom stereocenters. The van der Waals surface area contributed by atoms with E-state index < -0.39 is 9.84 Å². The maximum Gasteiger partial charge on any atom is 0.147 e. The lowest BCUT2D eigenvalue weighted by Gasteiger charge is -2.13. The Balaban J connectivity index is 2.50. The largest absolute Gasteiger partial charge is 0.312 e. The number of sulfone groups is 1. The monoisotopic (exact) mass is 325 g/mol. The predicted octanol–water partition coefficient (Wildman–Crippen LogP) is 2.60.